The maximum absolute atomic E-state index is 11.6. The maximum Gasteiger partial charge on any atom is 0.329 e. The van der Waals surface area contributed by atoms with Gasteiger partial charge in [0.25, 0.3) is 0 Å². The Labute approximate surface area is 105 Å². The molecule has 0 aromatic rings. The van der Waals surface area contributed by atoms with Gasteiger partial charge in [0.05, 0.1) is 0 Å². The molecule has 0 spiro atoms. The molecule has 1 saturated carbocycles. The number of hydrogen-bond donors (Lipinski definition) is 3. The molecule has 0 aliphatic heterocycles. The van der Waals surface area contributed by atoms with E-state index in [2.05, 4.69) is 5.32 Å². The molecule has 1 aliphatic rings. The minimum Gasteiger partial charge on any atom is -0.481 e. The van der Waals surface area contributed by atoms with Crippen molar-refractivity contribution in [2.45, 2.75) is 56.9 Å². The van der Waals surface area contributed by atoms with Gasteiger partial charge in [0.2, 0.25) is 5.91 Å². The van der Waals surface area contributed by atoms with Crippen LogP contribution in [0.2, 0.25) is 0 Å². The number of carboxylic acids is 2. The molecule has 1 amide bonds. The first-order valence-electron chi connectivity index (χ1n) is 6.22. The second kappa shape index (κ2) is 6.37. The number of carbonyl (C=O) groups excluding carboxylic acids is 1. The molecule has 0 radical (unpaired) electrons. The van der Waals surface area contributed by atoms with Crippen LogP contribution in [0.4, 0.5) is 0 Å². The maximum atomic E-state index is 11.6. The lowest BCUT2D eigenvalue weighted by atomic mass is 9.81. The molecule has 0 saturated heterocycles. The molecule has 0 atom stereocenters. The van der Waals surface area contributed by atoms with Crippen molar-refractivity contribution in [1.82, 2.24) is 5.32 Å². The standard InChI is InChI=1S/C12H19NO5/c14-9(5-4-6-10(15)16)13-12(11(17)18)7-2-1-3-8-12/h1-8H2,(H,13,14)(H,15,16)(H,17,18). The Balaban J connectivity index is 2.48. The van der Waals surface area contributed by atoms with Crippen LogP contribution in [-0.4, -0.2) is 33.6 Å². The van der Waals surface area contributed by atoms with Crippen molar-refractivity contribution < 1.29 is 24.6 Å². The summed E-state index contributed by atoms with van der Waals surface area (Å²) in [5, 5.41) is 20.3. The molecule has 6 nitrogen and oxygen atoms in total. The Morgan fingerprint density at radius 3 is 2.11 bits per heavy atom. The molecule has 0 aromatic carbocycles. The van der Waals surface area contributed by atoms with Crippen molar-refractivity contribution in [3.05, 3.63) is 0 Å². The first kappa shape index (κ1) is 14.5. The van der Waals surface area contributed by atoms with Gasteiger partial charge in [0.1, 0.15) is 5.54 Å². The summed E-state index contributed by atoms with van der Waals surface area (Å²) >= 11 is 0. The molecule has 0 heterocycles. The summed E-state index contributed by atoms with van der Waals surface area (Å²) in [6, 6.07) is 0. The Morgan fingerprint density at radius 1 is 1.00 bits per heavy atom. The lowest BCUT2D eigenvalue weighted by Gasteiger charge is -2.34. The lowest BCUT2D eigenvalue weighted by Crippen LogP contribution is -2.55. The zero-order valence-electron chi connectivity index (χ0n) is 10.3. The van der Waals surface area contributed by atoms with Crippen LogP contribution in [0.1, 0.15) is 51.4 Å². The Morgan fingerprint density at radius 2 is 1.61 bits per heavy atom. The molecule has 1 fully saturated rings. The Bertz CT molecular complexity index is 333. The fourth-order valence-corrected chi connectivity index (χ4v) is 2.28. The first-order chi connectivity index (χ1) is 8.46. The molecular formula is C12H19NO5. The number of aliphatic carboxylic acids is 2. The molecule has 0 bridgehead atoms. The topological polar surface area (TPSA) is 104 Å². The second-order valence-corrected chi connectivity index (χ2v) is 4.74. The van der Waals surface area contributed by atoms with E-state index in [-0.39, 0.29) is 25.2 Å². The largest absolute Gasteiger partial charge is 0.481 e. The van der Waals surface area contributed by atoms with Crippen LogP contribution in [0.25, 0.3) is 0 Å². The van der Waals surface area contributed by atoms with E-state index in [1.54, 1.807) is 0 Å². The van der Waals surface area contributed by atoms with E-state index in [0.29, 0.717) is 12.8 Å². The summed E-state index contributed by atoms with van der Waals surface area (Å²) in [7, 11) is 0. The predicted molar refractivity (Wildman–Crippen MR) is 63.1 cm³/mol. The van der Waals surface area contributed by atoms with Crippen molar-refractivity contribution >= 4 is 17.8 Å². The third kappa shape index (κ3) is 4.01. The van der Waals surface area contributed by atoms with E-state index in [1.807, 2.05) is 0 Å². The average molecular weight is 257 g/mol. The Hall–Kier alpha value is -1.59. The SMILES string of the molecule is O=C(O)CCCC(=O)NC1(C(=O)O)CCCCC1. The first-order valence-corrected chi connectivity index (χ1v) is 6.22. The summed E-state index contributed by atoms with van der Waals surface area (Å²) < 4.78 is 0. The number of nitrogens with one attached hydrogen (secondary N) is 1. The van der Waals surface area contributed by atoms with Gasteiger partial charge >= 0.3 is 11.9 Å². The zero-order chi connectivity index (χ0) is 13.6. The summed E-state index contributed by atoms with van der Waals surface area (Å²) in [6.07, 6.45) is 3.69. The number of carboxylic acid groups (broad SMARTS) is 2. The zero-order valence-corrected chi connectivity index (χ0v) is 10.3. The van der Waals surface area contributed by atoms with Gasteiger partial charge in [-0.1, -0.05) is 19.3 Å². The van der Waals surface area contributed by atoms with E-state index in [1.165, 1.54) is 0 Å². The van der Waals surface area contributed by atoms with Crippen LogP contribution in [-0.2, 0) is 14.4 Å². The highest BCUT2D eigenvalue weighted by molar-refractivity contribution is 5.87. The van der Waals surface area contributed by atoms with E-state index in [0.717, 1.165) is 19.3 Å². The third-order valence-electron chi connectivity index (χ3n) is 3.29. The summed E-state index contributed by atoms with van der Waals surface area (Å²) in [4.78, 5) is 33.2. The minimum atomic E-state index is -1.14. The van der Waals surface area contributed by atoms with Crippen molar-refractivity contribution in [3.8, 4) is 0 Å². The average Bonchev–Trinajstić information content (AvgIpc) is 2.29. The van der Waals surface area contributed by atoms with Gasteiger partial charge in [-0.2, -0.15) is 0 Å². The third-order valence-corrected chi connectivity index (χ3v) is 3.29. The number of hydrogen-bond acceptors (Lipinski definition) is 3. The highest BCUT2D eigenvalue weighted by atomic mass is 16.4. The highest BCUT2D eigenvalue weighted by Gasteiger charge is 2.40. The van der Waals surface area contributed by atoms with Crippen molar-refractivity contribution in [1.29, 1.82) is 0 Å². The van der Waals surface area contributed by atoms with Crippen molar-refractivity contribution in [2.75, 3.05) is 0 Å². The Kier molecular flexibility index (Phi) is 5.12. The van der Waals surface area contributed by atoms with Gasteiger partial charge in [-0.25, -0.2) is 4.79 Å². The summed E-state index contributed by atoms with van der Waals surface area (Å²) in [5.41, 5.74) is -1.14. The van der Waals surface area contributed by atoms with Crippen LogP contribution in [0.15, 0.2) is 0 Å². The molecular weight excluding hydrogens is 238 g/mol. The molecule has 3 N–H and O–H groups in total. The quantitative estimate of drug-likeness (QED) is 0.662. The summed E-state index contributed by atoms with van der Waals surface area (Å²) in [5.74, 6) is -2.32. The van der Waals surface area contributed by atoms with E-state index in [9.17, 15) is 19.5 Å². The molecule has 0 aromatic heterocycles. The van der Waals surface area contributed by atoms with E-state index >= 15 is 0 Å². The fraction of sp³-hybridized carbons (Fsp3) is 0.750. The lowest BCUT2D eigenvalue weighted by molar-refractivity contribution is -0.149. The molecule has 18 heavy (non-hydrogen) atoms. The fourth-order valence-electron chi connectivity index (χ4n) is 2.28. The predicted octanol–water partition coefficient (Wildman–Crippen LogP) is 1.14. The van der Waals surface area contributed by atoms with Crippen LogP contribution in [0, 0.1) is 0 Å². The van der Waals surface area contributed by atoms with Crippen LogP contribution < -0.4 is 5.32 Å². The van der Waals surface area contributed by atoms with Crippen LogP contribution >= 0.6 is 0 Å². The second-order valence-electron chi connectivity index (χ2n) is 4.74. The normalized spacial score (nSPS) is 18.0. The minimum absolute atomic E-state index is 0.0569. The molecule has 1 aliphatic carbocycles. The van der Waals surface area contributed by atoms with Gasteiger partial charge in [0.15, 0.2) is 0 Å². The molecule has 1 rings (SSSR count). The van der Waals surface area contributed by atoms with Gasteiger partial charge < -0.3 is 15.5 Å². The monoisotopic (exact) mass is 257 g/mol. The van der Waals surface area contributed by atoms with Gasteiger partial charge in [-0.05, 0) is 19.3 Å². The van der Waals surface area contributed by atoms with Gasteiger partial charge in [-0.3, -0.25) is 9.59 Å². The smallest absolute Gasteiger partial charge is 0.329 e. The van der Waals surface area contributed by atoms with Gasteiger partial charge in [-0.15, -0.1) is 0 Å². The summed E-state index contributed by atoms with van der Waals surface area (Å²) in [6.45, 7) is 0. The molecule has 6 heteroatoms. The van der Waals surface area contributed by atoms with Crippen molar-refractivity contribution in [2.24, 2.45) is 0 Å². The highest BCUT2D eigenvalue weighted by Crippen LogP contribution is 2.28. The van der Waals surface area contributed by atoms with E-state index < -0.39 is 17.5 Å². The van der Waals surface area contributed by atoms with Crippen LogP contribution in [0.3, 0.4) is 0 Å². The molecule has 102 valence electrons. The van der Waals surface area contributed by atoms with Crippen LogP contribution in [0.5, 0.6) is 0 Å². The number of rotatable bonds is 6. The number of carbonyl (C=O) groups is 3. The van der Waals surface area contributed by atoms with E-state index in [4.69, 9.17) is 5.11 Å². The van der Waals surface area contributed by atoms with Crippen molar-refractivity contribution in [3.63, 3.8) is 0 Å². The number of amides is 1. The van der Waals surface area contributed by atoms with Gasteiger partial charge in [0, 0.05) is 12.8 Å². The molecule has 0 unspecified atom stereocenters.